The maximum atomic E-state index is 13.9. The number of carbonyl (C=O) groups excluding carboxylic acids is 4. The fourth-order valence-corrected chi connectivity index (χ4v) is 5.49. The van der Waals surface area contributed by atoms with Gasteiger partial charge in [-0.3, -0.25) is 9.59 Å². The first-order chi connectivity index (χ1) is 21.0. The third-order valence-electron chi connectivity index (χ3n) is 6.98. The predicted octanol–water partition coefficient (Wildman–Crippen LogP) is 2.67. The molecule has 4 aromatic rings. The van der Waals surface area contributed by atoms with Gasteiger partial charge in [0.2, 0.25) is 16.8 Å². The fraction of sp³-hybridized carbons (Fsp3) is 0.233. The highest BCUT2D eigenvalue weighted by Gasteiger charge is 2.34. The molecule has 228 valence electrons. The molecule has 14 heteroatoms. The van der Waals surface area contributed by atoms with Crippen LogP contribution < -0.4 is 18.8 Å². The van der Waals surface area contributed by atoms with Crippen LogP contribution in [0.4, 0.5) is 0 Å². The molecule has 1 fully saturated rings. The number of esters is 1. The first kappa shape index (κ1) is 30.4. The summed E-state index contributed by atoms with van der Waals surface area (Å²) in [5.41, 5.74) is 1.26. The van der Waals surface area contributed by atoms with Crippen molar-refractivity contribution in [3.63, 3.8) is 0 Å². The summed E-state index contributed by atoms with van der Waals surface area (Å²) in [6.07, 6.45) is -0.0748. The van der Waals surface area contributed by atoms with E-state index in [0.717, 1.165) is 0 Å². The van der Waals surface area contributed by atoms with E-state index in [4.69, 9.17) is 19.0 Å². The Kier molecular flexibility index (Phi) is 8.47. The van der Waals surface area contributed by atoms with Crippen molar-refractivity contribution in [2.45, 2.75) is 25.8 Å². The molecular weight excluding hydrogens is 596 g/mol. The lowest BCUT2D eigenvalue weighted by Crippen LogP contribution is -2.37. The van der Waals surface area contributed by atoms with Crippen LogP contribution in [-0.4, -0.2) is 61.8 Å². The number of rotatable bonds is 10. The van der Waals surface area contributed by atoms with Gasteiger partial charge in [0.15, 0.2) is 18.0 Å². The Bertz CT molecular complexity index is 1840. The Morgan fingerprint density at radius 2 is 1.39 bits per heavy atom. The Morgan fingerprint density at radius 3 is 1.89 bits per heavy atom. The van der Waals surface area contributed by atoms with Crippen molar-refractivity contribution >= 4 is 55.7 Å². The molecule has 1 saturated heterocycles. The van der Waals surface area contributed by atoms with Crippen molar-refractivity contribution in [2.24, 2.45) is 0 Å². The zero-order chi connectivity index (χ0) is 31.6. The molecule has 3 aromatic carbocycles. The number of para-hydroxylation sites is 2. The van der Waals surface area contributed by atoms with Crippen molar-refractivity contribution < 1.29 is 55.8 Å². The molecule has 1 aromatic heterocycles. The summed E-state index contributed by atoms with van der Waals surface area (Å²) in [5, 5.41) is 1.41. The van der Waals surface area contributed by atoms with Crippen LogP contribution in [0, 0.1) is 0 Å². The number of hydrogen-bond donors (Lipinski definition) is 0. The van der Waals surface area contributed by atoms with Gasteiger partial charge in [0.25, 0.3) is 11.8 Å². The maximum absolute atomic E-state index is 13.9. The Morgan fingerprint density at radius 1 is 0.864 bits per heavy atom. The zero-order valence-corrected chi connectivity index (χ0v) is 24.4. The summed E-state index contributed by atoms with van der Waals surface area (Å²) in [6, 6.07) is 16.4. The summed E-state index contributed by atoms with van der Waals surface area (Å²) in [7, 11) is -1.84. The number of hydroxylamine groups is 2. The summed E-state index contributed by atoms with van der Waals surface area (Å²) in [5.74, 6) is -3.93. The third-order valence-corrected chi connectivity index (χ3v) is 7.77. The van der Waals surface area contributed by atoms with Crippen LogP contribution in [-0.2, 0) is 31.1 Å². The second-order valence-corrected chi connectivity index (χ2v) is 11.3. The molecule has 0 radical (unpaired) electrons. The molecule has 0 spiro atoms. The van der Waals surface area contributed by atoms with Crippen LogP contribution >= 0.6 is 0 Å². The lowest BCUT2D eigenvalue weighted by Gasteiger charge is -2.17. The molecule has 1 aliphatic rings. The monoisotopic (exact) mass is 622 g/mol. The molecule has 0 saturated carbocycles. The second kappa shape index (κ2) is 12.3. The largest absolute Gasteiger partial charge is 0.748 e. The second-order valence-electron chi connectivity index (χ2n) is 9.74. The minimum atomic E-state index is -4.41. The summed E-state index contributed by atoms with van der Waals surface area (Å²) in [6.45, 7) is 0.200. The molecule has 0 N–H and O–H groups in total. The van der Waals surface area contributed by atoms with Crippen molar-refractivity contribution in [1.82, 2.24) is 5.06 Å². The standard InChI is InChI=1S/C30H26N2O11S/c1-40-23-16-18(29(35)43-32-25(33)12-13-26(32)34)17-24(41-2)28(23)42-30(36)27-19-8-3-5-10-21(19)31(14-7-15-44(37,38)39)22-11-6-4-9-20(22)27/h3-6,8-11,16-17H,7,12-15H2,1-2H3. The minimum Gasteiger partial charge on any atom is -0.748 e. The van der Waals surface area contributed by atoms with E-state index in [1.807, 2.05) is 4.57 Å². The lowest BCUT2D eigenvalue weighted by atomic mass is 10.0. The Labute approximate surface area is 251 Å². The molecule has 1 aliphatic heterocycles. The molecule has 5 rings (SSSR count). The maximum Gasteiger partial charge on any atom is 0.364 e. The third kappa shape index (κ3) is 6.02. The van der Waals surface area contributed by atoms with E-state index >= 15 is 0 Å². The normalized spacial score (nSPS) is 13.4. The number of benzene rings is 3. The van der Waals surface area contributed by atoms with Gasteiger partial charge in [0.05, 0.1) is 46.2 Å². The molecule has 0 unspecified atom stereocenters. The number of methoxy groups -OCH3 is 2. The SMILES string of the molecule is COc1cc(C(=O)ON2C(=O)CCC2=O)cc(OC)c1OC(=O)c1c2ccccc2[n+](CCCS(=O)(=O)[O-])c2ccccc12. The number of fused-ring (bicyclic) bond motifs is 2. The van der Waals surface area contributed by atoms with Gasteiger partial charge in [0, 0.05) is 37.1 Å². The topological polar surface area (TPSA) is 170 Å². The number of aromatic nitrogens is 1. The minimum absolute atomic E-state index is 0.0670. The molecule has 2 heterocycles. The number of imide groups is 1. The van der Waals surface area contributed by atoms with Gasteiger partial charge >= 0.3 is 11.9 Å². The highest BCUT2D eigenvalue weighted by Crippen LogP contribution is 2.40. The van der Waals surface area contributed by atoms with Gasteiger partial charge in [-0.15, -0.1) is 5.06 Å². The van der Waals surface area contributed by atoms with Crippen molar-refractivity contribution in [3.8, 4) is 17.2 Å². The molecular formula is C30H26N2O11S. The van der Waals surface area contributed by atoms with Crippen LogP contribution in [0.1, 0.15) is 40.0 Å². The average molecular weight is 623 g/mol. The number of hydrogen-bond acceptors (Lipinski definition) is 11. The van der Waals surface area contributed by atoms with Gasteiger partial charge in [-0.1, -0.05) is 24.3 Å². The van der Waals surface area contributed by atoms with E-state index in [2.05, 4.69) is 0 Å². The quantitative estimate of drug-likeness (QED) is 0.0636. The van der Waals surface area contributed by atoms with E-state index < -0.39 is 39.6 Å². The average Bonchev–Trinajstić information content (AvgIpc) is 3.32. The van der Waals surface area contributed by atoms with Crippen LogP contribution in [0.25, 0.3) is 21.8 Å². The molecule has 0 bridgehead atoms. The van der Waals surface area contributed by atoms with Gasteiger partial charge in [-0.05, 0) is 24.3 Å². The van der Waals surface area contributed by atoms with Gasteiger partial charge < -0.3 is 23.6 Å². The smallest absolute Gasteiger partial charge is 0.364 e. The van der Waals surface area contributed by atoms with Crippen molar-refractivity contribution in [3.05, 3.63) is 71.8 Å². The van der Waals surface area contributed by atoms with Crippen LogP contribution in [0.3, 0.4) is 0 Å². The Hall–Kier alpha value is -5.08. The van der Waals surface area contributed by atoms with E-state index in [1.165, 1.54) is 26.4 Å². The number of carbonyl (C=O) groups is 4. The highest BCUT2D eigenvalue weighted by atomic mass is 32.2. The summed E-state index contributed by atoms with van der Waals surface area (Å²) in [4.78, 5) is 55.5. The zero-order valence-electron chi connectivity index (χ0n) is 23.6. The van der Waals surface area contributed by atoms with E-state index in [0.29, 0.717) is 26.9 Å². The van der Waals surface area contributed by atoms with E-state index in [-0.39, 0.29) is 54.2 Å². The molecule has 44 heavy (non-hydrogen) atoms. The van der Waals surface area contributed by atoms with Gasteiger partial charge in [-0.25, -0.2) is 18.0 Å². The number of amides is 2. The Balaban J connectivity index is 1.54. The van der Waals surface area contributed by atoms with Gasteiger partial charge in [0.1, 0.15) is 0 Å². The fourth-order valence-electron chi connectivity index (χ4n) is 5.01. The number of aryl methyl sites for hydroxylation is 1. The number of ether oxygens (including phenoxy) is 3. The van der Waals surface area contributed by atoms with Crippen molar-refractivity contribution in [2.75, 3.05) is 20.0 Å². The first-order valence-electron chi connectivity index (χ1n) is 13.4. The van der Waals surface area contributed by atoms with E-state index in [1.54, 1.807) is 48.5 Å². The lowest BCUT2D eigenvalue weighted by molar-refractivity contribution is -0.645. The highest BCUT2D eigenvalue weighted by molar-refractivity contribution is 7.85. The van der Waals surface area contributed by atoms with Gasteiger partial charge in [-0.2, -0.15) is 4.57 Å². The molecule has 2 amide bonds. The molecule has 0 atom stereocenters. The van der Waals surface area contributed by atoms with Crippen LogP contribution in [0.15, 0.2) is 60.7 Å². The van der Waals surface area contributed by atoms with Crippen LogP contribution in [0.2, 0.25) is 0 Å². The first-order valence-corrected chi connectivity index (χ1v) is 14.9. The summed E-state index contributed by atoms with van der Waals surface area (Å²) < 4.78 is 52.2. The predicted molar refractivity (Wildman–Crippen MR) is 152 cm³/mol. The number of nitrogens with zero attached hydrogens (tertiary/aromatic N) is 2. The number of pyridine rings is 1. The van der Waals surface area contributed by atoms with Crippen LogP contribution in [0.5, 0.6) is 17.2 Å². The van der Waals surface area contributed by atoms with E-state index in [9.17, 15) is 32.1 Å². The molecule has 0 aliphatic carbocycles. The molecule has 13 nitrogen and oxygen atoms in total. The summed E-state index contributed by atoms with van der Waals surface area (Å²) >= 11 is 0. The van der Waals surface area contributed by atoms with Crippen molar-refractivity contribution in [1.29, 1.82) is 0 Å².